The molecular weight excluding hydrogens is 230 g/mol. The molecule has 0 atom stereocenters. The first-order valence-electron chi connectivity index (χ1n) is 5.44. The van der Waals surface area contributed by atoms with E-state index in [2.05, 4.69) is 5.32 Å². The Morgan fingerprint density at radius 1 is 1.28 bits per heavy atom. The highest BCUT2D eigenvalue weighted by Crippen LogP contribution is 2.12. The zero-order valence-corrected chi connectivity index (χ0v) is 10.3. The summed E-state index contributed by atoms with van der Waals surface area (Å²) in [7, 11) is 0. The number of carbonyl (C=O) groups excluding carboxylic acids is 2. The normalized spacial score (nSPS) is 11.6. The molecule has 1 aromatic carbocycles. The largest absolute Gasteiger partial charge is 0.516 e. The molecule has 0 aliphatic rings. The fourth-order valence-corrected chi connectivity index (χ4v) is 1.31. The molecule has 18 heavy (non-hydrogen) atoms. The lowest BCUT2D eigenvalue weighted by Gasteiger charge is -2.06. The molecule has 4 heteroatoms. The van der Waals surface area contributed by atoms with E-state index in [4.69, 9.17) is 5.11 Å². The fourth-order valence-electron chi connectivity index (χ4n) is 1.31. The number of amides is 1. The first-order chi connectivity index (χ1) is 8.54. The van der Waals surface area contributed by atoms with Crippen LogP contribution < -0.4 is 5.32 Å². The summed E-state index contributed by atoms with van der Waals surface area (Å²) in [4.78, 5) is 22.9. The lowest BCUT2D eigenvalue weighted by atomic mass is 10.1. The van der Waals surface area contributed by atoms with Crippen molar-refractivity contribution in [3.8, 4) is 0 Å². The minimum atomic E-state index is -0.284. The van der Waals surface area contributed by atoms with Crippen molar-refractivity contribution in [3.63, 3.8) is 0 Å². The number of Topliss-reactive ketones (excluding diaryl/α,β-unsaturated/α-hetero) is 1. The van der Waals surface area contributed by atoms with Crippen LogP contribution in [-0.4, -0.2) is 16.8 Å². The van der Waals surface area contributed by atoms with Gasteiger partial charge in [0.05, 0.1) is 6.26 Å². The quantitative estimate of drug-likeness (QED) is 0.371. The summed E-state index contributed by atoms with van der Waals surface area (Å²) in [5, 5.41) is 11.2. The number of aliphatic hydroxyl groups is 1. The second-order valence-corrected chi connectivity index (χ2v) is 3.78. The molecule has 94 valence electrons. The Morgan fingerprint density at radius 2 is 2.00 bits per heavy atom. The van der Waals surface area contributed by atoms with E-state index < -0.39 is 0 Å². The molecule has 0 fully saturated rings. The average molecular weight is 245 g/mol. The Labute approximate surface area is 106 Å². The number of carbonyl (C=O) groups is 2. The van der Waals surface area contributed by atoms with Crippen LogP contribution in [0.4, 0.5) is 5.69 Å². The van der Waals surface area contributed by atoms with E-state index in [9.17, 15) is 9.59 Å². The van der Waals surface area contributed by atoms with E-state index >= 15 is 0 Å². The summed E-state index contributed by atoms with van der Waals surface area (Å²) in [6, 6.07) is 6.73. The van der Waals surface area contributed by atoms with Gasteiger partial charge in [0.1, 0.15) is 0 Å². The van der Waals surface area contributed by atoms with Crippen molar-refractivity contribution in [2.75, 3.05) is 5.32 Å². The Hall–Kier alpha value is -2.36. The Morgan fingerprint density at radius 3 is 2.61 bits per heavy atom. The maximum atomic E-state index is 11.7. The van der Waals surface area contributed by atoms with Gasteiger partial charge in [0.2, 0.25) is 0 Å². The molecule has 4 nitrogen and oxygen atoms in total. The molecule has 0 saturated heterocycles. The maximum Gasteiger partial charge on any atom is 0.251 e. The van der Waals surface area contributed by atoms with Gasteiger partial charge in [-0.15, -0.1) is 0 Å². The number of benzene rings is 1. The van der Waals surface area contributed by atoms with Crippen LogP contribution >= 0.6 is 0 Å². The first-order valence-corrected chi connectivity index (χ1v) is 5.44. The highest BCUT2D eigenvalue weighted by molar-refractivity contribution is 6.04. The van der Waals surface area contributed by atoms with E-state index in [1.807, 2.05) is 0 Å². The summed E-state index contributed by atoms with van der Waals surface area (Å²) >= 11 is 0. The number of rotatable bonds is 4. The molecule has 1 aromatic rings. The van der Waals surface area contributed by atoms with Gasteiger partial charge in [-0.25, -0.2) is 0 Å². The molecule has 0 aliphatic heterocycles. The highest BCUT2D eigenvalue weighted by atomic mass is 16.2. The molecule has 0 radical (unpaired) electrons. The summed E-state index contributed by atoms with van der Waals surface area (Å²) in [6.07, 6.45) is 3.71. The predicted octanol–water partition coefficient (Wildman–Crippen LogP) is 2.85. The van der Waals surface area contributed by atoms with Crippen LogP contribution in [0, 0.1) is 0 Å². The van der Waals surface area contributed by atoms with Gasteiger partial charge in [0.25, 0.3) is 5.91 Å². The molecular formula is C14H15NO3. The highest BCUT2D eigenvalue weighted by Gasteiger charge is 2.05. The van der Waals surface area contributed by atoms with Crippen LogP contribution in [0.1, 0.15) is 24.2 Å². The van der Waals surface area contributed by atoms with Crippen LogP contribution in [0.2, 0.25) is 0 Å². The van der Waals surface area contributed by atoms with Crippen molar-refractivity contribution in [1.82, 2.24) is 0 Å². The molecule has 0 heterocycles. The summed E-state index contributed by atoms with van der Waals surface area (Å²) in [5.74, 6) is -0.338. The smallest absolute Gasteiger partial charge is 0.251 e. The maximum absolute atomic E-state index is 11.7. The zero-order valence-electron chi connectivity index (χ0n) is 10.3. The molecule has 0 saturated carbocycles. The van der Waals surface area contributed by atoms with Gasteiger partial charge in [0, 0.05) is 16.8 Å². The second kappa shape index (κ2) is 6.39. The van der Waals surface area contributed by atoms with Gasteiger partial charge in [-0.3, -0.25) is 9.59 Å². The molecule has 1 rings (SSSR count). The number of allylic oxidation sites excluding steroid dienone is 2. The van der Waals surface area contributed by atoms with Crippen LogP contribution in [0.15, 0.2) is 48.3 Å². The van der Waals surface area contributed by atoms with Crippen molar-refractivity contribution in [2.24, 2.45) is 0 Å². The van der Waals surface area contributed by atoms with E-state index in [0.29, 0.717) is 16.8 Å². The zero-order chi connectivity index (χ0) is 13.5. The van der Waals surface area contributed by atoms with Gasteiger partial charge in [-0.2, -0.15) is 0 Å². The molecule has 0 spiro atoms. The second-order valence-electron chi connectivity index (χ2n) is 3.78. The van der Waals surface area contributed by atoms with Crippen LogP contribution in [0.5, 0.6) is 0 Å². The number of anilines is 1. The summed E-state index contributed by atoms with van der Waals surface area (Å²) in [6.45, 7) is 3.10. The van der Waals surface area contributed by atoms with Gasteiger partial charge in [-0.05, 0) is 32.1 Å². The van der Waals surface area contributed by atoms with Gasteiger partial charge in [-0.1, -0.05) is 18.2 Å². The van der Waals surface area contributed by atoms with Gasteiger partial charge < -0.3 is 10.4 Å². The third-order valence-electron chi connectivity index (χ3n) is 2.32. The van der Waals surface area contributed by atoms with Crippen LogP contribution in [-0.2, 0) is 4.79 Å². The fraction of sp³-hybridized carbons (Fsp3) is 0.143. The predicted molar refractivity (Wildman–Crippen MR) is 70.6 cm³/mol. The van der Waals surface area contributed by atoms with Crippen molar-refractivity contribution >= 4 is 17.4 Å². The standard InChI is InChI=1S/C14H15NO3/c1-10(5-4-8-16)14(18)15-13-7-3-6-12(9-13)11(2)17/h3-9,16H,1-2H3,(H,15,18)/b8-4-,10-5+. The van der Waals surface area contributed by atoms with Crippen molar-refractivity contribution in [3.05, 3.63) is 53.8 Å². The summed E-state index contributed by atoms with van der Waals surface area (Å²) in [5.41, 5.74) is 1.56. The number of hydrogen-bond acceptors (Lipinski definition) is 3. The number of hydrogen-bond donors (Lipinski definition) is 2. The Kier molecular flexibility index (Phi) is 4.87. The first kappa shape index (κ1) is 13.7. The van der Waals surface area contributed by atoms with Crippen molar-refractivity contribution in [2.45, 2.75) is 13.8 Å². The van der Waals surface area contributed by atoms with Crippen molar-refractivity contribution in [1.29, 1.82) is 0 Å². The third-order valence-corrected chi connectivity index (χ3v) is 2.32. The number of nitrogens with one attached hydrogen (secondary N) is 1. The van der Waals surface area contributed by atoms with Gasteiger partial charge in [0.15, 0.2) is 5.78 Å². The van der Waals surface area contributed by atoms with E-state index in [1.165, 1.54) is 19.1 Å². The van der Waals surface area contributed by atoms with Crippen molar-refractivity contribution < 1.29 is 14.7 Å². The van der Waals surface area contributed by atoms with Crippen LogP contribution in [0.3, 0.4) is 0 Å². The SMILES string of the molecule is CC(=O)c1cccc(NC(=O)/C(C)=C/C=C\O)c1. The minimum Gasteiger partial charge on any atom is -0.516 e. The Balaban J connectivity index is 2.82. The molecule has 2 N–H and O–H groups in total. The molecule has 1 amide bonds. The van der Waals surface area contributed by atoms with E-state index in [1.54, 1.807) is 31.2 Å². The molecule has 0 unspecified atom stereocenters. The number of ketones is 1. The minimum absolute atomic E-state index is 0.0541. The monoisotopic (exact) mass is 245 g/mol. The number of aliphatic hydroxyl groups excluding tert-OH is 1. The van der Waals surface area contributed by atoms with E-state index in [-0.39, 0.29) is 11.7 Å². The molecule has 0 aliphatic carbocycles. The lowest BCUT2D eigenvalue weighted by molar-refractivity contribution is -0.112. The van der Waals surface area contributed by atoms with E-state index in [0.717, 1.165) is 6.26 Å². The van der Waals surface area contributed by atoms with Gasteiger partial charge >= 0.3 is 0 Å². The summed E-state index contributed by atoms with van der Waals surface area (Å²) < 4.78 is 0. The molecule has 0 bridgehead atoms. The lowest BCUT2D eigenvalue weighted by Crippen LogP contribution is -2.12. The Bertz CT molecular complexity index is 516. The molecule has 0 aromatic heterocycles. The average Bonchev–Trinajstić information content (AvgIpc) is 2.36. The van der Waals surface area contributed by atoms with Crippen LogP contribution in [0.25, 0.3) is 0 Å². The third kappa shape index (κ3) is 3.90. The topological polar surface area (TPSA) is 66.4 Å².